The molecule has 3 saturated carbocycles. The molecule has 0 bridgehead atoms. The fourth-order valence-electron chi connectivity index (χ4n) is 7.22. The highest BCUT2D eigenvalue weighted by Gasteiger charge is 2.56. The van der Waals surface area contributed by atoms with Crippen LogP contribution in [0.2, 0.25) is 0 Å². The Morgan fingerprint density at radius 2 is 1.96 bits per heavy atom. The monoisotopic (exact) mass is 354 g/mol. The first kappa shape index (κ1) is 16.8. The first-order valence-electron chi connectivity index (χ1n) is 10.4. The molecule has 0 saturated heterocycles. The van der Waals surface area contributed by atoms with Gasteiger partial charge in [0, 0.05) is 17.1 Å². The van der Waals surface area contributed by atoms with Crippen LogP contribution in [0, 0.1) is 28.6 Å². The summed E-state index contributed by atoms with van der Waals surface area (Å²) in [5.41, 5.74) is 4.48. The fraction of sp³-hybridized carbons (Fsp3) is 0.696. The molecule has 1 N–H and O–H groups in total. The molecule has 0 aromatic heterocycles. The van der Waals surface area contributed by atoms with Crippen molar-refractivity contribution in [3.63, 3.8) is 0 Å². The van der Waals surface area contributed by atoms with Gasteiger partial charge in [0.1, 0.15) is 6.61 Å². The molecule has 2 unspecified atom stereocenters. The molecule has 5 rings (SSSR count). The van der Waals surface area contributed by atoms with Crippen LogP contribution < -0.4 is 0 Å². The van der Waals surface area contributed by atoms with Crippen molar-refractivity contribution in [1.29, 1.82) is 0 Å². The lowest BCUT2D eigenvalue weighted by Crippen LogP contribution is -2.51. The van der Waals surface area contributed by atoms with Crippen molar-refractivity contribution in [2.24, 2.45) is 28.6 Å². The molecule has 4 aliphatic carbocycles. The van der Waals surface area contributed by atoms with Gasteiger partial charge in [-0.25, -0.2) is 4.79 Å². The zero-order valence-electron chi connectivity index (χ0n) is 16.0. The Balaban J connectivity index is 1.44. The molecule has 3 nitrogen and oxygen atoms in total. The first-order valence-corrected chi connectivity index (χ1v) is 10.4. The average molecular weight is 354 g/mol. The number of esters is 1. The molecule has 0 aromatic carbocycles. The highest BCUT2D eigenvalue weighted by Crippen LogP contribution is 2.65. The van der Waals surface area contributed by atoms with E-state index in [-0.39, 0.29) is 17.5 Å². The Morgan fingerprint density at radius 1 is 1.12 bits per heavy atom. The van der Waals surface area contributed by atoms with Gasteiger partial charge in [0.05, 0.1) is 6.10 Å². The predicted octanol–water partition coefficient (Wildman–Crippen LogP) is 4.33. The average Bonchev–Trinajstić information content (AvgIpc) is 3.18. The summed E-state index contributed by atoms with van der Waals surface area (Å²) in [5.74, 6) is 1.91. The number of carbonyl (C=O) groups excluding carboxylic acids is 1. The Kier molecular flexibility index (Phi) is 3.60. The lowest BCUT2D eigenvalue weighted by molar-refractivity contribution is -0.134. The van der Waals surface area contributed by atoms with Crippen LogP contribution >= 0.6 is 0 Å². The molecule has 0 aromatic rings. The van der Waals surface area contributed by atoms with Crippen molar-refractivity contribution in [3.8, 4) is 0 Å². The van der Waals surface area contributed by atoms with Gasteiger partial charge in [0.25, 0.3) is 0 Å². The molecule has 0 radical (unpaired) electrons. The number of allylic oxidation sites excluding steroid dienone is 3. The summed E-state index contributed by atoms with van der Waals surface area (Å²) in [5, 5.41) is 10.2. The molecule has 3 heteroatoms. The summed E-state index contributed by atoms with van der Waals surface area (Å²) in [7, 11) is 0. The zero-order valence-corrected chi connectivity index (χ0v) is 16.0. The van der Waals surface area contributed by atoms with Crippen LogP contribution in [0.4, 0.5) is 0 Å². The van der Waals surface area contributed by atoms with Crippen LogP contribution in [-0.4, -0.2) is 23.8 Å². The van der Waals surface area contributed by atoms with E-state index in [0.717, 1.165) is 24.3 Å². The number of rotatable bonds is 1. The molecular formula is C23H30O3. The summed E-state index contributed by atoms with van der Waals surface area (Å²) < 4.78 is 5.19. The summed E-state index contributed by atoms with van der Waals surface area (Å²) in [6, 6.07) is 0. The second-order valence-corrected chi connectivity index (χ2v) is 9.77. The normalized spacial score (nSPS) is 47.2. The minimum absolute atomic E-state index is 0.0794. The van der Waals surface area contributed by atoms with Crippen molar-refractivity contribution in [3.05, 3.63) is 34.9 Å². The van der Waals surface area contributed by atoms with Crippen LogP contribution in [-0.2, 0) is 9.53 Å². The number of fused-ring (bicyclic) bond motifs is 5. The molecule has 0 spiro atoms. The Morgan fingerprint density at radius 3 is 2.73 bits per heavy atom. The van der Waals surface area contributed by atoms with Crippen LogP contribution in [0.5, 0.6) is 0 Å². The lowest BCUT2D eigenvalue weighted by atomic mass is 9.46. The number of hydrogen-bond donors (Lipinski definition) is 1. The maximum absolute atomic E-state index is 11.6. The van der Waals surface area contributed by atoms with Gasteiger partial charge in [-0.3, -0.25) is 0 Å². The molecule has 1 heterocycles. The topological polar surface area (TPSA) is 46.5 Å². The Bertz CT molecular complexity index is 745. The molecule has 6 atom stereocenters. The summed E-state index contributed by atoms with van der Waals surface area (Å²) in [6.45, 7) is 5.34. The van der Waals surface area contributed by atoms with E-state index in [1.807, 2.05) is 0 Å². The number of carbonyl (C=O) groups is 1. The van der Waals surface area contributed by atoms with E-state index in [4.69, 9.17) is 4.74 Å². The summed E-state index contributed by atoms with van der Waals surface area (Å²) in [4.78, 5) is 11.6. The second-order valence-electron chi connectivity index (χ2n) is 9.77. The van der Waals surface area contributed by atoms with E-state index in [0.29, 0.717) is 23.9 Å². The van der Waals surface area contributed by atoms with E-state index in [9.17, 15) is 9.90 Å². The lowest BCUT2D eigenvalue weighted by Gasteiger charge is -2.59. The first-order chi connectivity index (χ1) is 12.4. The molecule has 0 amide bonds. The van der Waals surface area contributed by atoms with Gasteiger partial charge in [0.2, 0.25) is 0 Å². The number of ether oxygens (including phenoxy) is 1. The van der Waals surface area contributed by atoms with E-state index in [1.54, 1.807) is 11.6 Å². The predicted molar refractivity (Wildman–Crippen MR) is 100 cm³/mol. The SMILES string of the molecule is C[C@]12CCC3[C@@H](CCC4C[C@@H](O)CC[C@@]43C)C1=CC=C2C1=CC(=O)OC1. The van der Waals surface area contributed by atoms with Gasteiger partial charge >= 0.3 is 5.97 Å². The molecular weight excluding hydrogens is 324 g/mol. The zero-order chi connectivity index (χ0) is 18.1. The van der Waals surface area contributed by atoms with Crippen molar-refractivity contribution in [2.75, 3.05) is 6.61 Å². The third-order valence-corrected chi connectivity index (χ3v) is 8.69. The standard InChI is InChI=1S/C23H30O3/c1-22-9-7-16(24)12-15(22)3-4-17-19-6-5-18(14-11-21(25)26-13-14)23(19,2)10-8-20(17)22/h5-6,11,15-17,20,24H,3-4,7-10,12-13H2,1-2H3/t15?,16-,17-,20?,22-,23+/m0/s1. The van der Waals surface area contributed by atoms with Crippen molar-refractivity contribution >= 4 is 5.97 Å². The minimum atomic E-state index is -0.194. The Hall–Kier alpha value is -1.35. The number of cyclic esters (lactones) is 1. The quantitative estimate of drug-likeness (QED) is 0.713. The molecule has 1 aliphatic heterocycles. The Labute approximate surface area is 156 Å². The highest BCUT2D eigenvalue weighted by molar-refractivity contribution is 5.87. The van der Waals surface area contributed by atoms with Crippen LogP contribution in [0.3, 0.4) is 0 Å². The van der Waals surface area contributed by atoms with Crippen LogP contribution in [0.15, 0.2) is 34.9 Å². The molecule has 140 valence electrons. The van der Waals surface area contributed by atoms with Crippen LogP contribution in [0.25, 0.3) is 0 Å². The number of hydrogen-bond acceptors (Lipinski definition) is 3. The maximum atomic E-state index is 11.6. The third kappa shape index (κ3) is 2.19. The van der Waals surface area contributed by atoms with Crippen LogP contribution in [0.1, 0.15) is 58.8 Å². The maximum Gasteiger partial charge on any atom is 0.331 e. The summed E-state index contributed by atoms with van der Waals surface area (Å²) in [6.07, 6.45) is 14.4. The second kappa shape index (κ2) is 5.58. The van der Waals surface area contributed by atoms with Crippen molar-refractivity contribution in [1.82, 2.24) is 0 Å². The van der Waals surface area contributed by atoms with Crippen molar-refractivity contribution < 1.29 is 14.6 Å². The summed E-state index contributed by atoms with van der Waals surface area (Å²) >= 11 is 0. The largest absolute Gasteiger partial charge is 0.458 e. The van der Waals surface area contributed by atoms with Gasteiger partial charge in [0.15, 0.2) is 0 Å². The molecule has 26 heavy (non-hydrogen) atoms. The van der Waals surface area contributed by atoms with E-state index >= 15 is 0 Å². The fourth-order valence-corrected chi connectivity index (χ4v) is 7.22. The van der Waals surface area contributed by atoms with E-state index < -0.39 is 0 Å². The smallest absolute Gasteiger partial charge is 0.331 e. The van der Waals surface area contributed by atoms with Gasteiger partial charge in [-0.15, -0.1) is 0 Å². The van der Waals surface area contributed by atoms with Gasteiger partial charge < -0.3 is 9.84 Å². The van der Waals surface area contributed by atoms with Gasteiger partial charge in [-0.05, 0) is 73.7 Å². The molecule has 3 fully saturated rings. The third-order valence-electron chi connectivity index (χ3n) is 8.69. The number of aliphatic hydroxyl groups excluding tert-OH is 1. The van der Waals surface area contributed by atoms with Gasteiger partial charge in [-0.2, -0.15) is 0 Å². The van der Waals surface area contributed by atoms with Gasteiger partial charge in [-0.1, -0.05) is 31.6 Å². The van der Waals surface area contributed by atoms with Crippen molar-refractivity contribution in [2.45, 2.75) is 64.9 Å². The number of aliphatic hydroxyl groups is 1. The highest BCUT2D eigenvalue weighted by atomic mass is 16.5. The minimum Gasteiger partial charge on any atom is -0.458 e. The van der Waals surface area contributed by atoms with E-state index in [1.165, 1.54) is 37.7 Å². The molecule has 5 aliphatic rings. The van der Waals surface area contributed by atoms with E-state index in [2.05, 4.69) is 26.0 Å².